The van der Waals surface area contributed by atoms with Gasteiger partial charge in [-0.3, -0.25) is 0 Å². The van der Waals surface area contributed by atoms with Crippen molar-refractivity contribution in [2.24, 2.45) is 0 Å². The van der Waals surface area contributed by atoms with E-state index in [1.165, 1.54) is 0 Å². The number of hydrogen-bond donors (Lipinski definition) is 0. The Bertz CT molecular complexity index is 191. The first-order valence-corrected chi connectivity index (χ1v) is 3.47. The summed E-state index contributed by atoms with van der Waals surface area (Å²) in [4.78, 5) is 9.86. The Balaban J connectivity index is 2.09. The van der Waals surface area contributed by atoms with E-state index in [0.717, 1.165) is 12.0 Å². The van der Waals surface area contributed by atoms with E-state index >= 15 is 0 Å². The molecule has 3 nitrogen and oxygen atoms in total. The lowest BCUT2D eigenvalue weighted by molar-refractivity contribution is -0.108. The van der Waals surface area contributed by atoms with Crippen LogP contribution in [0, 0.1) is 0 Å². The normalized spacial score (nSPS) is 9.82. The number of carbonyl (C=O) groups excluding carboxylic acids is 1. The minimum atomic E-state index is 0.445. The summed E-state index contributed by atoms with van der Waals surface area (Å²) in [5.41, 5.74) is 0. The molecule has 0 N–H and O–H groups in total. The number of carbonyl (C=O) groups is 1. The van der Waals surface area contributed by atoms with Gasteiger partial charge in [-0.1, -0.05) is 0 Å². The molecule has 1 aromatic heterocycles. The highest BCUT2D eigenvalue weighted by atomic mass is 16.5. The van der Waals surface area contributed by atoms with Crippen LogP contribution >= 0.6 is 0 Å². The van der Waals surface area contributed by atoms with E-state index in [0.29, 0.717) is 19.6 Å². The van der Waals surface area contributed by atoms with Gasteiger partial charge in [0.2, 0.25) is 0 Å². The van der Waals surface area contributed by atoms with Gasteiger partial charge in [0.05, 0.1) is 12.9 Å². The molecule has 0 aliphatic heterocycles. The van der Waals surface area contributed by atoms with Crippen molar-refractivity contribution in [3.05, 3.63) is 24.2 Å². The van der Waals surface area contributed by atoms with E-state index < -0.39 is 0 Å². The van der Waals surface area contributed by atoms with Crippen LogP contribution in [0.4, 0.5) is 0 Å². The first-order chi connectivity index (χ1) is 5.43. The first-order valence-electron chi connectivity index (χ1n) is 3.47. The zero-order valence-electron chi connectivity index (χ0n) is 6.16. The Morgan fingerprint density at radius 1 is 1.64 bits per heavy atom. The van der Waals surface area contributed by atoms with E-state index in [1.54, 1.807) is 12.3 Å². The third kappa shape index (κ3) is 3.00. The smallest absolute Gasteiger partial charge is 0.129 e. The standard InChI is InChI=1S/C8H10O3/c9-4-2-5-10-7-8-3-1-6-11-8/h1,3-4,6H,2,5,7H2. The van der Waals surface area contributed by atoms with Crippen molar-refractivity contribution < 1.29 is 13.9 Å². The van der Waals surface area contributed by atoms with E-state index in [-0.39, 0.29) is 0 Å². The second-order valence-corrected chi connectivity index (χ2v) is 2.09. The SMILES string of the molecule is O=CCCOCc1ccco1. The Kier molecular flexibility index (Phi) is 3.41. The molecule has 3 heteroatoms. The molecule has 0 bridgehead atoms. The molecule has 0 atom stereocenters. The molecule has 11 heavy (non-hydrogen) atoms. The van der Waals surface area contributed by atoms with Gasteiger partial charge in [-0.2, -0.15) is 0 Å². The maximum absolute atomic E-state index is 9.86. The number of ether oxygens (including phenoxy) is 1. The van der Waals surface area contributed by atoms with Crippen molar-refractivity contribution in [2.45, 2.75) is 13.0 Å². The number of aldehydes is 1. The average Bonchev–Trinajstić information content (AvgIpc) is 2.50. The van der Waals surface area contributed by atoms with Gasteiger partial charge in [0.15, 0.2) is 0 Å². The van der Waals surface area contributed by atoms with Gasteiger partial charge in [0.1, 0.15) is 18.7 Å². The van der Waals surface area contributed by atoms with Crippen LogP contribution in [-0.4, -0.2) is 12.9 Å². The fourth-order valence-electron chi connectivity index (χ4n) is 0.699. The highest BCUT2D eigenvalue weighted by Gasteiger charge is 1.93. The van der Waals surface area contributed by atoms with Gasteiger partial charge in [-0.15, -0.1) is 0 Å². The van der Waals surface area contributed by atoms with Crippen molar-refractivity contribution in [3.63, 3.8) is 0 Å². The van der Waals surface area contributed by atoms with Gasteiger partial charge < -0.3 is 13.9 Å². The van der Waals surface area contributed by atoms with Crippen molar-refractivity contribution in [1.29, 1.82) is 0 Å². The van der Waals surface area contributed by atoms with Gasteiger partial charge in [0, 0.05) is 6.42 Å². The number of furan rings is 1. The molecule has 0 saturated carbocycles. The summed E-state index contributed by atoms with van der Waals surface area (Å²) < 4.78 is 10.1. The molecular formula is C8H10O3. The fourth-order valence-corrected chi connectivity index (χ4v) is 0.699. The zero-order valence-corrected chi connectivity index (χ0v) is 6.16. The maximum Gasteiger partial charge on any atom is 0.129 e. The van der Waals surface area contributed by atoms with E-state index in [9.17, 15) is 4.79 Å². The van der Waals surface area contributed by atoms with Crippen molar-refractivity contribution >= 4 is 6.29 Å². The van der Waals surface area contributed by atoms with Crippen molar-refractivity contribution in [2.75, 3.05) is 6.61 Å². The van der Waals surface area contributed by atoms with Crippen LogP contribution in [0.2, 0.25) is 0 Å². The molecule has 1 heterocycles. The molecular weight excluding hydrogens is 144 g/mol. The summed E-state index contributed by atoms with van der Waals surface area (Å²) in [5.74, 6) is 0.788. The molecule has 0 saturated heterocycles. The number of hydrogen-bond acceptors (Lipinski definition) is 3. The lowest BCUT2D eigenvalue weighted by atomic mass is 10.5. The van der Waals surface area contributed by atoms with Crippen LogP contribution in [0.15, 0.2) is 22.8 Å². The fraction of sp³-hybridized carbons (Fsp3) is 0.375. The molecule has 0 spiro atoms. The maximum atomic E-state index is 9.86. The second-order valence-electron chi connectivity index (χ2n) is 2.09. The Morgan fingerprint density at radius 3 is 3.18 bits per heavy atom. The highest BCUT2D eigenvalue weighted by molar-refractivity contribution is 5.49. The van der Waals surface area contributed by atoms with Gasteiger partial charge in [0.25, 0.3) is 0 Å². The minimum absolute atomic E-state index is 0.445. The molecule has 0 aliphatic carbocycles. The lowest BCUT2D eigenvalue weighted by Crippen LogP contribution is -1.94. The number of rotatable bonds is 5. The summed E-state index contributed by atoms with van der Waals surface area (Å²) in [6.07, 6.45) is 2.88. The van der Waals surface area contributed by atoms with Gasteiger partial charge in [-0.25, -0.2) is 0 Å². The molecule has 0 aromatic carbocycles. The van der Waals surface area contributed by atoms with Gasteiger partial charge in [-0.05, 0) is 12.1 Å². The molecule has 1 rings (SSSR count). The van der Waals surface area contributed by atoms with E-state index in [4.69, 9.17) is 9.15 Å². The van der Waals surface area contributed by atoms with Crippen molar-refractivity contribution in [1.82, 2.24) is 0 Å². The van der Waals surface area contributed by atoms with Crippen LogP contribution in [-0.2, 0) is 16.1 Å². The summed E-state index contributed by atoms with van der Waals surface area (Å²) in [7, 11) is 0. The first kappa shape index (κ1) is 8.01. The van der Waals surface area contributed by atoms with Crippen LogP contribution in [0.25, 0.3) is 0 Å². The summed E-state index contributed by atoms with van der Waals surface area (Å²) >= 11 is 0. The van der Waals surface area contributed by atoms with Crippen LogP contribution < -0.4 is 0 Å². The Hall–Kier alpha value is -1.09. The molecule has 1 aromatic rings. The third-order valence-corrected chi connectivity index (χ3v) is 1.20. The van der Waals surface area contributed by atoms with Crippen LogP contribution in [0.5, 0.6) is 0 Å². The predicted octanol–water partition coefficient (Wildman–Crippen LogP) is 1.39. The molecule has 0 fully saturated rings. The summed E-state index contributed by atoms with van der Waals surface area (Å²) in [6, 6.07) is 3.64. The predicted molar refractivity (Wildman–Crippen MR) is 39.0 cm³/mol. The summed E-state index contributed by atoms with van der Waals surface area (Å²) in [6.45, 7) is 0.908. The topological polar surface area (TPSA) is 39.4 Å². The Labute approximate surface area is 65.0 Å². The largest absolute Gasteiger partial charge is 0.467 e. The van der Waals surface area contributed by atoms with Crippen molar-refractivity contribution in [3.8, 4) is 0 Å². The quantitative estimate of drug-likeness (QED) is 0.475. The lowest BCUT2D eigenvalue weighted by Gasteiger charge is -1.96. The monoisotopic (exact) mass is 154 g/mol. The van der Waals surface area contributed by atoms with Crippen LogP contribution in [0.3, 0.4) is 0 Å². The van der Waals surface area contributed by atoms with E-state index in [2.05, 4.69) is 0 Å². The minimum Gasteiger partial charge on any atom is -0.467 e. The average molecular weight is 154 g/mol. The van der Waals surface area contributed by atoms with E-state index in [1.807, 2.05) is 6.07 Å². The molecule has 0 unspecified atom stereocenters. The highest BCUT2D eigenvalue weighted by Crippen LogP contribution is 2.01. The molecule has 0 radical (unpaired) electrons. The molecule has 0 aliphatic rings. The molecule has 60 valence electrons. The van der Waals surface area contributed by atoms with Crippen LogP contribution in [0.1, 0.15) is 12.2 Å². The zero-order chi connectivity index (χ0) is 7.94. The van der Waals surface area contributed by atoms with Gasteiger partial charge >= 0.3 is 0 Å². The third-order valence-electron chi connectivity index (χ3n) is 1.20. The second kappa shape index (κ2) is 4.68. The Morgan fingerprint density at radius 2 is 2.55 bits per heavy atom. The summed E-state index contributed by atoms with van der Waals surface area (Å²) in [5, 5.41) is 0. The molecule has 0 amide bonds.